The third-order valence-electron chi connectivity index (χ3n) is 2.24. The molecule has 1 heterocycles. The maximum Gasteiger partial charge on any atom is 0.194 e. The van der Waals surface area contributed by atoms with Crippen LogP contribution in [0.5, 0.6) is 0 Å². The molecule has 0 spiro atoms. The predicted octanol–water partition coefficient (Wildman–Crippen LogP) is 0.676. The van der Waals surface area contributed by atoms with Gasteiger partial charge in [-0.1, -0.05) is 6.92 Å². The summed E-state index contributed by atoms with van der Waals surface area (Å²) in [6, 6.07) is 0.615. The van der Waals surface area contributed by atoms with Crippen LogP contribution in [0.15, 0.2) is 4.99 Å². The lowest BCUT2D eigenvalue weighted by Gasteiger charge is -2.23. The first-order valence-electron chi connectivity index (χ1n) is 4.27. The predicted molar refractivity (Wildman–Crippen MR) is 47.8 cm³/mol. The van der Waals surface area contributed by atoms with Crippen LogP contribution in [-0.2, 0) is 0 Å². The van der Waals surface area contributed by atoms with E-state index < -0.39 is 0 Å². The number of guanidine groups is 1. The number of hydrogen-bond donors (Lipinski definition) is 1. The first kappa shape index (κ1) is 8.37. The van der Waals surface area contributed by atoms with Gasteiger partial charge in [-0.15, -0.1) is 0 Å². The van der Waals surface area contributed by atoms with Gasteiger partial charge in [-0.05, 0) is 13.3 Å². The largest absolute Gasteiger partial charge is 0.354 e. The minimum absolute atomic E-state index is 0.615. The first-order valence-corrected chi connectivity index (χ1v) is 4.27. The Hall–Kier alpha value is -0.730. The van der Waals surface area contributed by atoms with Crippen LogP contribution < -0.4 is 5.32 Å². The van der Waals surface area contributed by atoms with Crippen LogP contribution in [0.4, 0.5) is 0 Å². The highest BCUT2D eigenvalue weighted by molar-refractivity contribution is 5.81. The van der Waals surface area contributed by atoms with Crippen LogP contribution in [0.3, 0.4) is 0 Å². The van der Waals surface area contributed by atoms with Crippen molar-refractivity contribution in [2.45, 2.75) is 26.3 Å². The summed E-state index contributed by atoms with van der Waals surface area (Å²) >= 11 is 0. The van der Waals surface area contributed by atoms with Gasteiger partial charge in [0.2, 0.25) is 0 Å². The van der Waals surface area contributed by atoms with Crippen molar-refractivity contribution in [2.75, 3.05) is 20.1 Å². The second-order valence-corrected chi connectivity index (χ2v) is 2.92. The zero-order valence-corrected chi connectivity index (χ0v) is 7.59. The van der Waals surface area contributed by atoms with E-state index in [9.17, 15) is 0 Å². The normalized spacial score (nSPS) is 23.9. The van der Waals surface area contributed by atoms with Crippen molar-refractivity contribution in [2.24, 2.45) is 4.99 Å². The van der Waals surface area contributed by atoms with E-state index >= 15 is 0 Å². The second-order valence-electron chi connectivity index (χ2n) is 2.92. The third kappa shape index (κ3) is 1.64. The topological polar surface area (TPSA) is 27.6 Å². The summed E-state index contributed by atoms with van der Waals surface area (Å²) < 4.78 is 0. The summed E-state index contributed by atoms with van der Waals surface area (Å²) in [7, 11) is 1.84. The Morgan fingerprint density at radius 3 is 3.00 bits per heavy atom. The summed E-state index contributed by atoms with van der Waals surface area (Å²) in [5.41, 5.74) is 0. The molecule has 0 saturated carbocycles. The lowest BCUT2D eigenvalue weighted by molar-refractivity contribution is 0.351. The van der Waals surface area contributed by atoms with E-state index in [-0.39, 0.29) is 0 Å². The molecule has 1 N–H and O–H groups in total. The molecule has 1 saturated heterocycles. The van der Waals surface area contributed by atoms with Gasteiger partial charge in [0.1, 0.15) is 0 Å². The van der Waals surface area contributed by atoms with Gasteiger partial charge in [0.05, 0.1) is 0 Å². The van der Waals surface area contributed by atoms with E-state index in [0.717, 1.165) is 19.0 Å². The van der Waals surface area contributed by atoms with Gasteiger partial charge in [-0.25, -0.2) is 0 Å². The van der Waals surface area contributed by atoms with E-state index in [0.29, 0.717) is 6.04 Å². The fraction of sp³-hybridized carbons (Fsp3) is 0.875. The van der Waals surface area contributed by atoms with E-state index in [2.05, 4.69) is 29.1 Å². The molecular weight excluding hydrogens is 138 g/mol. The van der Waals surface area contributed by atoms with Gasteiger partial charge in [-0.2, -0.15) is 0 Å². The molecule has 11 heavy (non-hydrogen) atoms. The molecule has 1 atom stereocenters. The quantitative estimate of drug-likeness (QED) is 0.635. The molecule has 64 valence electrons. The minimum atomic E-state index is 0.615. The summed E-state index contributed by atoms with van der Waals surface area (Å²) in [4.78, 5) is 6.49. The highest BCUT2D eigenvalue weighted by atomic mass is 15.4. The van der Waals surface area contributed by atoms with Crippen molar-refractivity contribution in [3.63, 3.8) is 0 Å². The lowest BCUT2D eigenvalue weighted by Crippen LogP contribution is -2.36. The molecule has 0 radical (unpaired) electrons. The zero-order valence-electron chi connectivity index (χ0n) is 7.59. The van der Waals surface area contributed by atoms with Crippen LogP contribution in [-0.4, -0.2) is 37.0 Å². The highest BCUT2D eigenvalue weighted by Crippen LogP contribution is 2.06. The van der Waals surface area contributed by atoms with E-state index in [1.54, 1.807) is 0 Å². The summed E-state index contributed by atoms with van der Waals surface area (Å²) in [5.74, 6) is 1.05. The third-order valence-corrected chi connectivity index (χ3v) is 2.24. The average molecular weight is 155 g/mol. The van der Waals surface area contributed by atoms with Crippen molar-refractivity contribution < 1.29 is 0 Å². The van der Waals surface area contributed by atoms with E-state index in [1.807, 2.05) is 7.05 Å². The van der Waals surface area contributed by atoms with Crippen LogP contribution in [0.25, 0.3) is 0 Å². The van der Waals surface area contributed by atoms with E-state index in [4.69, 9.17) is 0 Å². The molecule has 0 bridgehead atoms. The summed E-state index contributed by atoms with van der Waals surface area (Å²) in [5, 5.41) is 3.25. The molecule has 0 aromatic carbocycles. The molecular formula is C8H17N3. The highest BCUT2D eigenvalue weighted by Gasteiger charge is 2.20. The molecule has 1 aliphatic heterocycles. The Kier molecular flexibility index (Phi) is 2.74. The lowest BCUT2D eigenvalue weighted by atomic mass is 10.2. The van der Waals surface area contributed by atoms with Gasteiger partial charge < -0.3 is 10.2 Å². The summed E-state index contributed by atoms with van der Waals surface area (Å²) in [6.07, 6.45) is 1.18. The summed E-state index contributed by atoms with van der Waals surface area (Å²) in [6.45, 7) is 6.58. The van der Waals surface area contributed by atoms with Crippen molar-refractivity contribution in [1.29, 1.82) is 0 Å². The van der Waals surface area contributed by atoms with Crippen LogP contribution in [0.1, 0.15) is 20.3 Å². The SMILES string of the molecule is CCC(C)N1CCN/C1=N/C. The van der Waals surface area contributed by atoms with Crippen LogP contribution in [0.2, 0.25) is 0 Å². The monoisotopic (exact) mass is 155 g/mol. The Balaban J connectivity index is 2.56. The molecule has 0 amide bonds. The smallest absolute Gasteiger partial charge is 0.194 e. The Labute approximate surface area is 68.5 Å². The Morgan fingerprint density at radius 1 is 1.73 bits per heavy atom. The maximum absolute atomic E-state index is 4.17. The van der Waals surface area contributed by atoms with Crippen molar-refractivity contribution in [3.05, 3.63) is 0 Å². The van der Waals surface area contributed by atoms with Crippen LogP contribution in [0, 0.1) is 0 Å². The van der Waals surface area contributed by atoms with Gasteiger partial charge >= 0.3 is 0 Å². The molecule has 3 nitrogen and oxygen atoms in total. The molecule has 0 aromatic heterocycles. The molecule has 1 fully saturated rings. The fourth-order valence-corrected chi connectivity index (χ4v) is 1.35. The van der Waals surface area contributed by atoms with Gasteiger partial charge in [0.15, 0.2) is 5.96 Å². The van der Waals surface area contributed by atoms with Crippen molar-refractivity contribution in [3.8, 4) is 0 Å². The zero-order chi connectivity index (χ0) is 8.27. The Morgan fingerprint density at radius 2 is 2.45 bits per heavy atom. The van der Waals surface area contributed by atoms with Crippen molar-refractivity contribution in [1.82, 2.24) is 10.2 Å². The number of nitrogens with one attached hydrogen (secondary N) is 1. The molecule has 1 rings (SSSR count). The number of rotatable bonds is 2. The number of aliphatic imine (C=N–C) groups is 1. The number of hydrogen-bond acceptors (Lipinski definition) is 1. The molecule has 1 unspecified atom stereocenters. The number of nitrogens with zero attached hydrogens (tertiary/aromatic N) is 2. The minimum Gasteiger partial charge on any atom is -0.354 e. The fourth-order valence-electron chi connectivity index (χ4n) is 1.35. The van der Waals surface area contributed by atoms with Crippen LogP contribution >= 0.6 is 0 Å². The van der Waals surface area contributed by atoms with Gasteiger partial charge in [0.25, 0.3) is 0 Å². The molecule has 1 aliphatic rings. The van der Waals surface area contributed by atoms with Gasteiger partial charge in [0, 0.05) is 26.2 Å². The molecule has 3 heteroatoms. The first-order chi connectivity index (χ1) is 5.29. The maximum atomic E-state index is 4.17. The second kappa shape index (κ2) is 3.60. The van der Waals surface area contributed by atoms with E-state index in [1.165, 1.54) is 6.42 Å². The standard InChI is InChI=1S/C8H17N3/c1-4-7(2)11-6-5-10-8(11)9-3/h7H,4-6H2,1-3H3,(H,9,10). The molecule has 0 aromatic rings. The van der Waals surface area contributed by atoms with Crippen molar-refractivity contribution >= 4 is 5.96 Å². The van der Waals surface area contributed by atoms with Gasteiger partial charge in [-0.3, -0.25) is 4.99 Å². The Bertz CT molecular complexity index is 153. The average Bonchev–Trinajstić information content (AvgIpc) is 2.50. The molecule has 0 aliphatic carbocycles.